The average molecular weight is 388 g/mol. The topological polar surface area (TPSA) is 91.3 Å². The van der Waals surface area contributed by atoms with Gasteiger partial charge in [-0.05, 0) is 25.8 Å². The van der Waals surface area contributed by atoms with Gasteiger partial charge in [-0.25, -0.2) is 9.18 Å². The lowest BCUT2D eigenvalue weighted by atomic mass is 9.86. The van der Waals surface area contributed by atoms with Crippen LogP contribution in [0.5, 0.6) is 0 Å². The molecule has 1 N–H and O–H groups in total. The van der Waals surface area contributed by atoms with E-state index >= 15 is 0 Å². The lowest BCUT2D eigenvalue weighted by Crippen LogP contribution is -2.58. The third-order valence-electron chi connectivity index (χ3n) is 5.77. The monoisotopic (exact) mass is 388 g/mol. The Kier molecular flexibility index (Phi) is 4.13. The van der Waals surface area contributed by atoms with Crippen LogP contribution < -0.4 is 5.32 Å². The minimum atomic E-state index is -1.22. The Hall–Kier alpha value is -2.97. The zero-order valence-electron chi connectivity index (χ0n) is 15.7. The number of carbonyl (C=O) groups is 3. The van der Waals surface area contributed by atoms with Crippen LogP contribution in [0.25, 0.3) is 0 Å². The standard InChI is InChI=1S/C19H21FN4O4/c1-18(11-14(22-28-18)12-5-3-4-6-13(12)20)15(25)24-9-7-19(8-10-24)16(26)23(2)17(27)21-19/h3-6H,7-11H2,1-2H3,(H,21,27). The number of amides is 4. The first-order valence-corrected chi connectivity index (χ1v) is 9.15. The van der Waals surface area contributed by atoms with Crippen LogP contribution in [0.15, 0.2) is 29.4 Å². The first-order chi connectivity index (χ1) is 13.3. The zero-order valence-corrected chi connectivity index (χ0v) is 15.7. The number of likely N-dealkylation sites (tertiary alicyclic amines) is 1. The highest BCUT2D eigenvalue weighted by molar-refractivity contribution is 6.07. The molecular formula is C19H21FN4O4. The van der Waals surface area contributed by atoms with Crippen molar-refractivity contribution in [1.82, 2.24) is 15.1 Å². The van der Waals surface area contributed by atoms with Crippen LogP contribution in [0.1, 0.15) is 31.7 Å². The number of halogens is 1. The van der Waals surface area contributed by atoms with Gasteiger partial charge in [0.05, 0.1) is 5.71 Å². The zero-order chi connectivity index (χ0) is 20.1. The lowest BCUT2D eigenvalue weighted by molar-refractivity contribution is -0.156. The second-order valence-electron chi connectivity index (χ2n) is 7.69. The van der Waals surface area contributed by atoms with Gasteiger partial charge in [0.1, 0.15) is 11.4 Å². The Bertz CT molecular complexity index is 894. The Morgan fingerprint density at radius 3 is 2.54 bits per heavy atom. The number of nitrogens with one attached hydrogen (secondary N) is 1. The molecule has 1 aromatic carbocycles. The molecule has 0 saturated carbocycles. The van der Waals surface area contributed by atoms with Crippen LogP contribution in [0.2, 0.25) is 0 Å². The van der Waals surface area contributed by atoms with Crippen molar-refractivity contribution in [2.24, 2.45) is 5.16 Å². The number of oxime groups is 1. The van der Waals surface area contributed by atoms with E-state index in [1.165, 1.54) is 13.1 Å². The molecule has 1 spiro atoms. The molecule has 0 radical (unpaired) electrons. The SMILES string of the molecule is CN1C(=O)NC2(CCN(C(=O)C3(C)CC(c4ccccc4F)=NO3)CC2)C1=O. The molecule has 9 heteroatoms. The van der Waals surface area contributed by atoms with E-state index in [2.05, 4.69) is 10.5 Å². The molecule has 3 heterocycles. The van der Waals surface area contributed by atoms with Gasteiger partial charge >= 0.3 is 6.03 Å². The summed E-state index contributed by atoms with van der Waals surface area (Å²) in [5, 5.41) is 6.70. The smallest absolute Gasteiger partial charge is 0.324 e. The minimum Gasteiger partial charge on any atom is -0.379 e. The van der Waals surface area contributed by atoms with Crippen molar-refractivity contribution in [1.29, 1.82) is 0 Å². The fourth-order valence-corrected chi connectivity index (χ4v) is 4.01. The minimum absolute atomic E-state index is 0.160. The number of urea groups is 1. The summed E-state index contributed by atoms with van der Waals surface area (Å²) in [6.45, 7) is 2.26. The van der Waals surface area contributed by atoms with Crippen molar-refractivity contribution in [2.75, 3.05) is 20.1 Å². The summed E-state index contributed by atoms with van der Waals surface area (Å²) in [4.78, 5) is 45.3. The maximum atomic E-state index is 14.0. The number of hydrogen-bond acceptors (Lipinski definition) is 5. The van der Waals surface area contributed by atoms with E-state index in [9.17, 15) is 18.8 Å². The van der Waals surface area contributed by atoms with Crippen molar-refractivity contribution >= 4 is 23.6 Å². The quantitative estimate of drug-likeness (QED) is 0.772. The third kappa shape index (κ3) is 2.73. The van der Waals surface area contributed by atoms with Gasteiger partial charge in [-0.2, -0.15) is 0 Å². The number of benzene rings is 1. The van der Waals surface area contributed by atoms with E-state index in [1.54, 1.807) is 30.0 Å². The highest BCUT2D eigenvalue weighted by atomic mass is 19.1. The van der Waals surface area contributed by atoms with Gasteiger partial charge in [0.25, 0.3) is 11.8 Å². The van der Waals surface area contributed by atoms with Crippen molar-refractivity contribution in [3.63, 3.8) is 0 Å². The van der Waals surface area contributed by atoms with E-state index in [4.69, 9.17) is 4.84 Å². The van der Waals surface area contributed by atoms with Gasteiger partial charge in [-0.1, -0.05) is 23.4 Å². The Balaban J connectivity index is 1.43. The summed E-state index contributed by atoms with van der Waals surface area (Å²) in [5.41, 5.74) is -1.45. The summed E-state index contributed by atoms with van der Waals surface area (Å²) >= 11 is 0. The number of piperidine rings is 1. The molecule has 1 atom stereocenters. The molecule has 3 aliphatic rings. The van der Waals surface area contributed by atoms with Crippen LogP contribution in [0, 0.1) is 5.82 Å². The van der Waals surface area contributed by atoms with E-state index < -0.39 is 23.0 Å². The van der Waals surface area contributed by atoms with Gasteiger partial charge in [0, 0.05) is 32.1 Å². The fourth-order valence-electron chi connectivity index (χ4n) is 4.01. The molecule has 0 bridgehead atoms. The molecule has 148 valence electrons. The molecule has 4 rings (SSSR count). The largest absolute Gasteiger partial charge is 0.379 e. The fraction of sp³-hybridized carbons (Fsp3) is 0.474. The molecule has 1 aromatic rings. The molecular weight excluding hydrogens is 367 g/mol. The molecule has 2 saturated heterocycles. The summed E-state index contributed by atoms with van der Waals surface area (Å²) in [6, 6.07) is 5.81. The average Bonchev–Trinajstić information content (AvgIpc) is 3.18. The van der Waals surface area contributed by atoms with Crippen molar-refractivity contribution in [3.8, 4) is 0 Å². The van der Waals surface area contributed by atoms with Crippen molar-refractivity contribution in [2.45, 2.75) is 37.3 Å². The number of hydrogen-bond donors (Lipinski definition) is 1. The summed E-state index contributed by atoms with van der Waals surface area (Å²) in [5.74, 6) is -0.943. The maximum absolute atomic E-state index is 14.0. The van der Waals surface area contributed by atoms with Gasteiger partial charge in [0.2, 0.25) is 5.60 Å². The Labute approximate surface area is 161 Å². The van der Waals surface area contributed by atoms with Crippen LogP contribution >= 0.6 is 0 Å². The normalized spacial score (nSPS) is 26.3. The van der Waals surface area contributed by atoms with Crippen LogP contribution in [0.3, 0.4) is 0 Å². The number of likely N-dealkylation sites (N-methyl/N-ethyl adjacent to an activating group) is 1. The molecule has 2 fully saturated rings. The molecule has 8 nitrogen and oxygen atoms in total. The molecule has 28 heavy (non-hydrogen) atoms. The van der Waals surface area contributed by atoms with Crippen LogP contribution in [-0.4, -0.2) is 64.6 Å². The van der Waals surface area contributed by atoms with Gasteiger partial charge in [-0.15, -0.1) is 0 Å². The second-order valence-corrected chi connectivity index (χ2v) is 7.69. The number of rotatable bonds is 2. The van der Waals surface area contributed by atoms with E-state index in [-0.39, 0.29) is 18.2 Å². The summed E-state index contributed by atoms with van der Waals surface area (Å²) in [7, 11) is 1.44. The number of nitrogens with zero attached hydrogens (tertiary/aromatic N) is 3. The van der Waals surface area contributed by atoms with Gasteiger partial charge < -0.3 is 15.1 Å². The number of imide groups is 1. The molecule has 4 amide bonds. The van der Waals surface area contributed by atoms with Crippen LogP contribution in [0.4, 0.5) is 9.18 Å². The van der Waals surface area contributed by atoms with E-state index in [1.807, 2.05) is 0 Å². The maximum Gasteiger partial charge on any atom is 0.324 e. The first kappa shape index (κ1) is 18.4. The van der Waals surface area contributed by atoms with Crippen LogP contribution in [-0.2, 0) is 14.4 Å². The highest BCUT2D eigenvalue weighted by Gasteiger charge is 2.53. The first-order valence-electron chi connectivity index (χ1n) is 9.15. The second kappa shape index (κ2) is 6.29. The van der Waals surface area contributed by atoms with Gasteiger partial charge in [-0.3, -0.25) is 14.5 Å². The number of carbonyl (C=O) groups excluding carboxylic acids is 3. The Morgan fingerprint density at radius 2 is 1.93 bits per heavy atom. The highest BCUT2D eigenvalue weighted by Crippen LogP contribution is 2.33. The van der Waals surface area contributed by atoms with E-state index in [0.29, 0.717) is 37.2 Å². The van der Waals surface area contributed by atoms with E-state index in [0.717, 1.165) is 4.90 Å². The molecule has 0 aliphatic carbocycles. The third-order valence-corrected chi connectivity index (χ3v) is 5.77. The molecule has 3 aliphatic heterocycles. The lowest BCUT2D eigenvalue weighted by Gasteiger charge is -2.39. The van der Waals surface area contributed by atoms with Crippen molar-refractivity contribution in [3.05, 3.63) is 35.6 Å². The van der Waals surface area contributed by atoms with Gasteiger partial charge in [0.15, 0.2) is 0 Å². The summed E-state index contributed by atoms with van der Waals surface area (Å²) in [6.07, 6.45) is 0.836. The molecule has 1 unspecified atom stereocenters. The van der Waals surface area contributed by atoms with Crippen molar-refractivity contribution < 1.29 is 23.6 Å². The Morgan fingerprint density at radius 1 is 1.25 bits per heavy atom. The molecule has 0 aromatic heterocycles. The predicted octanol–water partition coefficient (Wildman–Crippen LogP) is 1.25. The summed E-state index contributed by atoms with van der Waals surface area (Å²) < 4.78 is 14.0. The predicted molar refractivity (Wildman–Crippen MR) is 96.9 cm³/mol.